The minimum Gasteiger partial charge on any atom is -0.402 e. The highest BCUT2D eigenvalue weighted by molar-refractivity contribution is 6.11. The van der Waals surface area contributed by atoms with Crippen molar-refractivity contribution in [2.24, 2.45) is 9.98 Å². The molecular formula is C21H23N6O4+. The fraction of sp³-hybridized carbons (Fsp3) is 0.238. The van der Waals surface area contributed by atoms with Crippen LogP contribution in [-0.4, -0.2) is 61.1 Å². The summed E-state index contributed by atoms with van der Waals surface area (Å²) in [5.74, 6) is -0.207. The Morgan fingerprint density at radius 1 is 1.19 bits per heavy atom. The Hall–Kier alpha value is -4.08. The molecule has 3 rings (SSSR count). The van der Waals surface area contributed by atoms with Gasteiger partial charge in [-0.25, -0.2) is 14.4 Å². The number of carbonyl (C=O) groups is 1. The largest absolute Gasteiger partial charge is 0.403 e. The van der Waals surface area contributed by atoms with Gasteiger partial charge in [-0.2, -0.15) is 0 Å². The van der Waals surface area contributed by atoms with Crippen LogP contribution >= 0.6 is 0 Å². The van der Waals surface area contributed by atoms with E-state index in [2.05, 4.69) is 9.98 Å². The first-order valence-electron chi connectivity index (χ1n) is 9.42. The van der Waals surface area contributed by atoms with E-state index in [0.717, 1.165) is 0 Å². The van der Waals surface area contributed by atoms with Crippen molar-refractivity contribution in [3.05, 3.63) is 75.7 Å². The molecule has 10 heteroatoms. The molecule has 0 unspecified atom stereocenters. The SMILES string of the molecule is CN(C)/C=N/c1c([N+](=O)[O-])ccc[n+]1C/C(=C1/N=C(c2ccccc2)OC1=O)N(C)C. The second-order valence-corrected chi connectivity index (χ2v) is 7.17. The molecule has 0 amide bonds. The van der Waals surface area contributed by atoms with Gasteiger partial charge < -0.3 is 14.5 Å². The summed E-state index contributed by atoms with van der Waals surface area (Å²) >= 11 is 0. The molecule has 1 aromatic carbocycles. The highest BCUT2D eigenvalue weighted by atomic mass is 16.6. The minimum absolute atomic E-state index is 0.130. The molecule has 2 aromatic rings. The number of hydrogen-bond acceptors (Lipinski definition) is 7. The number of aromatic nitrogens is 1. The third-order valence-electron chi connectivity index (χ3n) is 4.38. The van der Waals surface area contributed by atoms with E-state index in [9.17, 15) is 14.9 Å². The van der Waals surface area contributed by atoms with Crippen LogP contribution in [0.25, 0.3) is 0 Å². The van der Waals surface area contributed by atoms with E-state index in [0.29, 0.717) is 11.3 Å². The lowest BCUT2D eigenvalue weighted by Crippen LogP contribution is -2.39. The third-order valence-corrected chi connectivity index (χ3v) is 4.38. The number of nitrogens with zero attached hydrogens (tertiary/aromatic N) is 6. The molecule has 0 aliphatic carbocycles. The molecule has 0 bridgehead atoms. The van der Waals surface area contributed by atoms with Gasteiger partial charge in [-0.1, -0.05) is 18.2 Å². The van der Waals surface area contributed by atoms with Crippen LogP contribution in [0.3, 0.4) is 0 Å². The van der Waals surface area contributed by atoms with Crippen molar-refractivity contribution < 1.29 is 19.0 Å². The van der Waals surface area contributed by atoms with Crippen LogP contribution in [0, 0.1) is 10.1 Å². The molecule has 0 spiro atoms. The lowest BCUT2D eigenvalue weighted by atomic mass is 10.2. The first kappa shape index (κ1) is 21.6. The maximum atomic E-state index is 12.6. The molecule has 31 heavy (non-hydrogen) atoms. The second-order valence-electron chi connectivity index (χ2n) is 7.17. The van der Waals surface area contributed by atoms with Gasteiger partial charge in [0.25, 0.3) is 0 Å². The lowest BCUT2D eigenvalue weighted by molar-refractivity contribution is -0.679. The van der Waals surface area contributed by atoms with Gasteiger partial charge >= 0.3 is 17.5 Å². The normalized spacial score (nSPS) is 15.0. The van der Waals surface area contributed by atoms with Crippen LogP contribution in [0.2, 0.25) is 0 Å². The number of nitro groups is 1. The zero-order valence-electron chi connectivity index (χ0n) is 17.7. The van der Waals surface area contributed by atoms with Crippen molar-refractivity contribution in [2.45, 2.75) is 6.54 Å². The van der Waals surface area contributed by atoms with Crippen molar-refractivity contribution in [3.8, 4) is 0 Å². The Labute approximate surface area is 179 Å². The molecule has 1 aliphatic rings. The topological polar surface area (TPSA) is 105 Å². The van der Waals surface area contributed by atoms with Crippen molar-refractivity contribution in [2.75, 3.05) is 28.2 Å². The number of pyridine rings is 1. The predicted molar refractivity (Wildman–Crippen MR) is 115 cm³/mol. The molecule has 0 N–H and O–H groups in total. The van der Waals surface area contributed by atoms with Gasteiger partial charge in [0.2, 0.25) is 12.2 Å². The van der Waals surface area contributed by atoms with Gasteiger partial charge in [-0.15, -0.1) is 0 Å². The summed E-state index contributed by atoms with van der Waals surface area (Å²) in [7, 11) is 7.08. The second kappa shape index (κ2) is 9.16. The first-order chi connectivity index (χ1) is 14.8. The molecular weight excluding hydrogens is 400 g/mol. The Kier molecular flexibility index (Phi) is 6.39. The Morgan fingerprint density at radius 2 is 1.90 bits per heavy atom. The number of benzene rings is 1. The predicted octanol–water partition coefficient (Wildman–Crippen LogP) is 1.88. The number of carbonyl (C=O) groups excluding carboxylic acids is 1. The summed E-state index contributed by atoms with van der Waals surface area (Å²) < 4.78 is 6.97. The number of cyclic esters (lactones) is 1. The number of rotatable bonds is 7. The van der Waals surface area contributed by atoms with Gasteiger partial charge in [-0.05, 0) is 23.2 Å². The third kappa shape index (κ3) is 4.92. The summed E-state index contributed by atoms with van der Waals surface area (Å²) in [6.45, 7) is 0.130. The summed E-state index contributed by atoms with van der Waals surface area (Å²) in [5, 5.41) is 11.5. The summed E-state index contributed by atoms with van der Waals surface area (Å²) in [6, 6.07) is 12.1. The molecule has 0 atom stereocenters. The number of hydrogen-bond donors (Lipinski definition) is 0. The first-order valence-corrected chi connectivity index (χ1v) is 9.42. The van der Waals surface area contributed by atoms with Gasteiger partial charge in [0, 0.05) is 39.8 Å². The minimum atomic E-state index is -0.577. The molecule has 2 heterocycles. The average molecular weight is 423 g/mol. The zero-order valence-corrected chi connectivity index (χ0v) is 17.7. The number of ether oxygens (including phenoxy) is 1. The van der Waals surface area contributed by atoms with Crippen LogP contribution < -0.4 is 4.57 Å². The Balaban J connectivity index is 2.09. The van der Waals surface area contributed by atoms with E-state index in [1.807, 2.05) is 18.2 Å². The van der Waals surface area contributed by atoms with Crippen LogP contribution in [0.4, 0.5) is 11.5 Å². The number of esters is 1. The Bertz CT molecular complexity index is 1090. The van der Waals surface area contributed by atoms with E-state index in [-0.39, 0.29) is 29.6 Å². The summed E-state index contributed by atoms with van der Waals surface area (Å²) in [5.41, 5.74) is 1.21. The van der Waals surface area contributed by atoms with E-state index < -0.39 is 10.9 Å². The van der Waals surface area contributed by atoms with Crippen LogP contribution in [-0.2, 0) is 16.1 Å². The standard InChI is InChI=1S/C21H23N6O4/c1-24(2)14-22-19-16(27(29)30)11-8-12-26(19)13-17(25(3)4)18-21(28)31-20(23-18)15-9-6-5-7-10-15/h5-12,14H,13H2,1-4H3/q+1/b18-17-. The maximum Gasteiger partial charge on any atom is 0.403 e. The molecule has 1 aliphatic heterocycles. The fourth-order valence-electron chi connectivity index (χ4n) is 2.89. The Morgan fingerprint density at radius 3 is 2.52 bits per heavy atom. The average Bonchev–Trinajstić information content (AvgIpc) is 3.12. The van der Waals surface area contributed by atoms with Gasteiger partial charge in [0.15, 0.2) is 5.70 Å². The molecule has 0 saturated carbocycles. The molecule has 160 valence electrons. The van der Waals surface area contributed by atoms with E-state index >= 15 is 0 Å². The maximum absolute atomic E-state index is 12.6. The summed E-state index contributed by atoms with van der Waals surface area (Å²) in [6.07, 6.45) is 3.15. The molecule has 0 fully saturated rings. The van der Waals surface area contributed by atoms with Crippen LogP contribution in [0.15, 0.2) is 70.0 Å². The van der Waals surface area contributed by atoms with Crippen molar-refractivity contribution >= 4 is 29.7 Å². The number of likely N-dealkylation sites (N-methyl/N-ethyl adjacent to an activating group) is 1. The summed E-state index contributed by atoms with van der Waals surface area (Å²) in [4.78, 5) is 35.7. The highest BCUT2D eigenvalue weighted by Crippen LogP contribution is 2.25. The smallest absolute Gasteiger partial charge is 0.402 e. The monoisotopic (exact) mass is 423 g/mol. The van der Waals surface area contributed by atoms with Gasteiger partial charge in [0.1, 0.15) is 6.54 Å². The highest BCUT2D eigenvalue weighted by Gasteiger charge is 2.31. The molecule has 0 saturated heterocycles. The van der Waals surface area contributed by atoms with Gasteiger partial charge in [0.05, 0.1) is 16.8 Å². The van der Waals surface area contributed by atoms with Crippen molar-refractivity contribution in [3.63, 3.8) is 0 Å². The van der Waals surface area contributed by atoms with E-state index in [1.54, 1.807) is 67.0 Å². The lowest BCUT2D eigenvalue weighted by Gasteiger charge is -2.17. The molecule has 1 aromatic heterocycles. The number of aliphatic imine (C=N–C) groups is 2. The fourth-order valence-corrected chi connectivity index (χ4v) is 2.89. The van der Waals surface area contributed by atoms with Crippen LogP contribution in [0.1, 0.15) is 5.56 Å². The van der Waals surface area contributed by atoms with Crippen molar-refractivity contribution in [1.82, 2.24) is 9.80 Å². The van der Waals surface area contributed by atoms with E-state index in [4.69, 9.17) is 4.74 Å². The zero-order chi connectivity index (χ0) is 22.5. The molecule has 10 nitrogen and oxygen atoms in total. The van der Waals surface area contributed by atoms with Crippen molar-refractivity contribution in [1.29, 1.82) is 0 Å². The van der Waals surface area contributed by atoms with Crippen LogP contribution in [0.5, 0.6) is 0 Å². The van der Waals surface area contributed by atoms with E-state index in [1.165, 1.54) is 12.4 Å². The quantitative estimate of drug-likeness (QED) is 0.128. The number of allylic oxidation sites excluding steroid dienone is 1. The molecule has 0 radical (unpaired) electrons. The van der Waals surface area contributed by atoms with Gasteiger partial charge in [-0.3, -0.25) is 10.1 Å².